The van der Waals surface area contributed by atoms with Crippen molar-refractivity contribution in [2.24, 2.45) is 0 Å². The molecule has 9 heteroatoms. The second kappa shape index (κ2) is 8.30. The Morgan fingerprint density at radius 3 is 2.70 bits per heavy atom. The van der Waals surface area contributed by atoms with Crippen LogP contribution >= 0.6 is 39.9 Å². The number of thioether (sulfide) groups is 1. The van der Waals surface area contributed by atoms with Crippen LogP contribution in [0.5, 0.6) is 5.75 Å². The summed E-state index contributed by atoms with van der Waals surface area (Å²) in [5, 5.41) is 10.3. The molecular weight excluding hydrogens is 454 g/mol. The lowest BCUT2D eigenvalue weighted by Crippen LogP contribution is -2.39. The minimum atomic E-state index is -0.594. The summed E-state index contributed by atoms with van der Waals surface area (Å²) < 4.78 is 11.5. The molecule has 0 spiro atoms. The van der Waals surface area contributed by atoms with Gasteiger partial charge in [-0.15, -0.1) is 0 Å². The summed E-state index contributed by atoms with van der Waals surface area (Å²) in [5.74, 6) is -0.564. The number of hydrogen-bond donors (Lipinski definition) is 1. The molecular formula is C18H18BrNO5S2. The average Bonchev–Trinajstić information content (AvgIpc) is 2.66. The monoisotopic (exact) mass is 471 g/mol. The molecule has 1 aliphatic rings. The van der Waals surface area contributed by atoms with Crippen molar-refractivity contribution in [3.8, 4) is 5.75 Å². The Balaban J connectivity index is 1.94. The summed E-state index contributed by atoms with van der Waals surface area (Å²) in [6.45, 7) is 6.06. The summed E-state index contributed by atoms with van der Waals surface area (Å²) in [6, 6.07) is 3.06. The number of aromatic hydroxyl groups is 1. The molecule has 1 aromatic heterocycles. The van der Waals surface area contributed by atoms with Crippen LogP contribution in [0.4, 0.5) is 0 Å². The minimum absolute atomic E-state index is 0.00461. The first-order valence-electron chi connectivity index (χ1n) is 8.33. The molecule has 2 heterocycles. The van der Waals surface area contributed by atoms with Crippen LogP contribution in [0.2, 0.25) is 0 Å². The Kier molecular flexibility index (Phi) is 6.25. The topological polar surface area (TPSA) is 80.0 Å². The van der Waals surface area contributed by atoms with E-state index in [1.165, 1.54) is 17.8 Å². The molecule has 2 aromatic rings. The Bertz CT molecular complexity index is 968. The van der Waals surface area contributed by atoms with Gasteiger partial charge < -0.3 is 19.2 Å². The molecule has 144 valence electrons. The third-order valence-corrected chi connectivity index (χ3v) is 6.90. The van der Waals surface area contributed by atoms with E-state index in [9.17, 15) is 14.7 Å². The lowest BCUT2D eigenvalue weighted by Gasteiger charge is -2.29. The summed E-state index contributed by atoms with van der Waals surface area (Å²) >= 11 is 9.89. The van der Waals surface area contributed by atoms with E-state index < -0.39 is 10.9 Å². The molecule has 6 nitrogen and oxygen atoms in total. The molecule has 1 unspecified atom stereocenters. The highest BCUT2D eigenvalue weighted by Crippen LogP contribution is 2.33. The Labute approximate surface area is 174 Å². The zero-order valence-corrected chi connectivity index (χ0v) is 18.0. The van der Waals surface area contributed by atoms with Crippen LogP contribution in [0.3, 0.4) is 0 Å². The second-order valence-electron chi connectivity index (χ2n) is 6.15. The van der Waals surface area contributed by atoms with Crippen LogP contribution in [-0.2, 0) is 4.74 Å². The van der Waals surface area contributed by atoms with Crippen LogP contribution in [0.25, 0.3) is 11.0 Å². The second-order valence-corrected chi connectivity index (χ2v) is 8.92. The Morgan fingerprint density at radius 1 is 1.37 bits per heavy atom. The maximum absolute atomic E-state index is 13.0. The van der Waals surface area contributed by atoms with E-state index in [1.54, 1.807) is 19.9 Å². The van der Waals surface area contributed by atoms with Gasteiger partial charge in [0, 0.05) is 18.5 Å². The van der Waals surface area contributed by atoms with E-state index in [-0.39, 0.29) is 22.7 Å². The number of phenols is 1. The fourth-order valence-electron chi connectivity index (χ4n) is 2.85. The van der Waals surface area contributed by atoms with E-state index in [0.717, 1.165) is 0 Å². The fourth-order valence-corrected chi connectivity index (χ4v) is 4.62. The fraction of sp³-hybridized carbons (Fsp3) is 0.389. The van der Waals surface area contributed by atoms with Gasteiger partial charge in [0.15, 0.2) is 11.4 Å². The normalized spacial score (nSPS) is 15.7. The summed E-state index contributed by atoms with van der Waals surface area (Å²) in [4.78, 5) is 27.1. The van der Waals surface area contributed by atoms with Crippen LogP contribution < -0.4 is 5.63 Å². The molecule has 1 aromatic carbocycles. The van der Waals surface area contributed by atoms with Gasteiger partial charge in [-0.3, -0.25) is 4.79 Å². The number of halogens is 1. The molecule has 0 saturated carbocycles. The van der Waals surface area contributed by atoms with Crippen molar-refractivity contribution in [1.82, 2.24) is 4.90 Å². The lowest BCUT2D eigenvalue weighted by molar-refractivity contribution is 0.0702. The van der Waals surface area contributed by atoms with Crippen molar-refractivity contribution in [2.75, 3.05) is 26.3 Å². The number of carbonyl (C=O) groups is 1. The average molecular weight is 472 g/mol. The third kappa shape index (κ3) is 4.06. The number of thiocarbonyl (C=S) groups is 1. The highest BCUT2D eigenvalue weighted by Gasteiger charge is 2.27. The van der Waals surface area contributed by atoms with Gasteiger partial charge in [0.2, 0.25) is 0 Å². The standard InChI is InChI=1S/C18H18BrNO5S2/c1-9-11-3-4-12(21)13(16(11)25-17(23)14(9)19)15(22)10(2)27-18(26)20-5-7-24-8-6-20/h3-4,10,21H,5-8H2,1-2H3. The van der Waals surface area contributed by atoms with Crippen LogP contribution in [-0.4, -0.2) is 51.7 Å². The number of nitrogens with zero attached hydrogens (tertiary/aromatic N) is 1. The smallest absolute Gasteiger partial charge is 0.350 e. The maximum Gasteiger partial charge on any atom is 0.350 e. The first-order valence-corrected chi connectivity index (χ1v) is 10.4. The van der Waals surface area contributed by atoms with Crippen molar-refractivity contribution in [1.29, 1.82) is 0 Å². The number of ether oxygens (including phenoxy) is 1. The molecule has 0 aliphatic carbocycles. The van der Waals surface area contributed by atoms with E-state index in [2.05, 4.69) is 15.9 Å². The highest BCUT2D eigenvalue weighted by atomic mass is 79.9. The molecule has 1 saturated heterocycles. The van der Waals surface area contributed by atoms with Gasteiger partial charge in [-0.05, 0) is 47.5 Å². The van der Waals surface area contributed by atoms with E-state index >= 15 is 0 Å². The van der Waals surface area contributed by atoms with Gasteiger partial charge in [-0.25, -0.2) is 4.79 Å². The number of ketones is 1. The van der Waals surface area contributed by atoms with Gasteiger partial charge in [-0.1, -0.05) is 24.0 Å². The van der Waals surface area contributed by atoms with E-state index in [4.69, 9.17) is 21.4 Å². The van der Waals surface area contributed by atoms with Gasteiger partial charge in [0.05, 0.1) is 18.5 Å². The van der Waals surface area contributed by atoms with Crippen molar-refractivity contribution < 1.29 is 19.1 Å². The number of hydrogen-bond acceptors (Lipinski definition) is 7. The largest absolute Gasteiger partial charge is 0.507 e. The summed E-state index contributed by atoms with van der Waals surface area (Å²) in [6.07, 6.45) is 0. The third-order valence-electron chi connectivity index (χ3n) is 4.41. The van der Waals surface area contributed by atoms with Crippen LogP contribution in [0.15, 0.2) is 25.8 Å². The van der Waals surface area contributed by atoms with Crippen LogP contribution in [0, 0.1) is 6.92 Å². The van der Waals surface area contributed by atoms with Crippen molar-refractivity contribution in [2.45, 2.75) is 19.1 Å². The number of rotatable bonds is 3. The molecule has 0 radical (unpaired) electrons. The number of benzene rings is 1. The predicted octanol–water partition coefficient (Wildman–Crippen LogP) is 3.49. The molecule has 1 aliphatic heterocycles. The van der Waals surface area contributed by atoms with Crippen molar-refractivity contribution in [3.05, 3.63) is 38.2 Å². The first-order chi connectivity index (χ1) is 12.8. The number of phenolic OH excluding ortho intramolecular Hbond substituents is 1. The predicted molar refractivity (Wildman–Crippen MR) is 113 cm³/mol. The zero-order chi connectivity index (χ0) is 19.7. The first kappa shape index (κ1) is 20.3. The Morgan fingerprint density at radius 2 is 2.04 bits per heavy atom. The number of aryl methyl sites for hydroxylation is 1. The molecule has 3 rings (SSSR count). The molecule has 0 bridgehead atoms. The van der Waals surface area contributed by atoms with Gasteiger partial charge in [0.25, 0.3) is 0 Å². The van der Waals surface area contributed by atoms with Gasteiger partial charge in [0.1, 0.15) is 20.1 Å². The summed E-state index contributed by atoms with van der Waals surface area (Å²) in [5.41, 5.74) is 0.156. The number of Topliss-reactive ketones (excluding diaryl/α,β-unsaturated/α-hetero) is 1. The molecule has 27 heavy (non-hydrogen) atoms. The minimum Gasteiger partial charge on any atom is -0.507 e. The number of fused-ring (bicyclic) bond motifs is 1. The highest BCUT2D eigenvalue weighted by molar-refractivity contribution is 9.10. The molecule has 1 N–H and O–H groups in total. The number of morpholine rings is 1. The van der Waals surface area contributed by atoms with Crippen molar-refractivity contribution >= 4 is 61.0 Å². The molecule has 0 amide bonds. The van der Waals surface area contributed by atoms with E-state index in [1.807, 2.05) is 4.90 Å². The molecule has 1 atom stereocenters. The zero-order valence-electron chi connectivity index (χ0n) is 14.8. The quantitative estimate of drug-likeness (QED) is 0.413. The lowest BCUT2D eigenvalue weighted by atomic mass is 10.0. The van der Waals surface area contributed by atoms with Crippen molar-refractivity contribution in [3.63, 3.8) is 0 Å². The SMILES string of the molecule is Cc1c(Br)c(=O)oc2c(C(=O)C(C)SC(=S)N3CCOCC3)c(O)ccc12. The maximum atomic E-state index is 13.0. The van der Waals surface area contributed by atoms with E-state index in [0.29, 0.717) is 46.0 Å². The Hall–Kier alpha value is -1.42. The van der Waals surface area contributed by atoms with Gasteiger partial charge in [-0.2, -0.15) is 0 Å². The number of carbonyl (C=O) groups excluding carboxylic acids is 1. The van der Waals surface area contributed by atoms with Gasteiger partial charge >= 0.3 is 5.63 Å². The summed E-state index contributed by atoms with van der Waals surface area (Å²) in [7, 11) is 0. The molecule has 1 fully saturated rings. The van der Waals surface area contributed by atoms with Crippen LogP contribution in [0.1, 0.15) is 22.8 Å².